The van der Waals surface area contributed by atoms with E-state index in [1.54, 1.807) is 30.3 Å². The van der Waals surface area contributed by atoms with Gasteiger partial charge in [-0.05, 0) is 80.1 Å². The van der Waals surface area contributed by atoms with Crippen LogP contribution >= 0.6 is 0 Å². The van der Waals surface area contributed by atoms with Gasteiger partial charge in [0.05, 0.1) is 34.0 Å². The Kier molecular flexibility index (Phi) is 8.06. The van der Waals surface area contributed by atoms with E-state index < -0.39 is 11.9 Å². The second-order valence-corrected chi connectivity index (χ2v) is 9.53. The van der Waals surface area contributed by atoms with Gasteiger partial charge in [0, 0.05) is 12.0 Å². The molecule has 8 heteroatoms. The number of aromatic nitrogens is 2. The van der Waals surface area contributed by atoms with Gasteiger partial charge in [-0.15, -0.1) is 0 Å². The maximum atomic E-state index is 13.5. The number of carboxylic acid groups (broad SMARTS) is 1. The van der Waals surface area contributed by atoms with Crippen LogP contribution in [0.2, 0.25) is 0 Å². The van der Waals surface area contributed by atoms with Gasteiger partial charge in [-0.25, -0.2) is 18.7 Å². The van der Waals surface area contributed by atoms with Crippen molar-refractivity contribution in [3.63, 3.8) is 0 Å². The Labute approximate surface area is 213 Å². The summed E-state index contributed by atoms with van der Waals surface area (Å²) in [4.78, 5) is 33.7. The molecule has 0 aliphatic heterocycles. The maximum Gasteiger partial charge on any atom is 0.303 e. The number of aliphatic carboxylic acids is 1. The first-order valence-corrected chi connectivity index (χ1v) is 12.3. The molecule has 3 atom stereocenters. The number of carbonyl (C=O) groups excluding carboxylic acids is 1. The van der Waals surface area contributed by atoms with Gasteiger partial charge in [0.25, 0.3) is 0 Å². The third-order valence-corrected chi connectivity index (χ3v) is 6.53. The summed E-state index contributed by atoms with van der Waals surface area (Å²) in [5.41, 5.74) is 2.82. The van der Waals surface area contributed by atoms with Crippen LogP contribution < -0.4 is 16.0 Å². The molecule has 1 aliphatic rings. The van der Waals surface area contributed by atoms with Gasteiger partial charge in [-0.1, -0.05) is 25.1 Å². The topological polar surface area (TPSA) is 92.2 Å². The molecule has 6 nitrogen and oxygen atoms in total. The molecule has 0 radical (unpaired) electrons. The van der Waals surface area contributed by atoms with Gasteiger partial charge in [0.1, 0.15) is 11.6 Å². The van der Waals surface area contributed by atoms with E-state index in [-0.39, 0.29) is 35.9 Å². The molecule has 1 amide bonds. The number of benzene rings is 2. The summed E-state index contributed by atoms with van der Waals surface area (Å²) in [7, 11) is 0. The first-order valence-electron chi connectivity index (χ1n) is 12.3. The highest BCUT2D eigenvalue weighted by Crippen LogP contribution is 2.22. The molecular formula is C29H29F2N3O3. The summed E-state index contributed by atoms with van der Waals surface area (Å²) < 4.78 is 26.8. The Morgan fingerprint density at radius 2 is 1.65 bits per heavy atom. The predicted molar refractivity (Wildman–Crippen MR) is 136 cm³/mol. The Morgan fingerprint density at radius 3 is 2.30 bits per heavy atom. The van der Waals surface area contributed by atoms with Crippen LogP contribution in [0.4, 0.5) is 8.78 Å². The number of hydrogen-bond acceptors (Lipinski definition) is 4. The van der Waals surface area contributed by atoms with Crippen molar-refractivity contribution in [2.24, 2.45) is 11.8 Å². The molecule has 2 aromatic carbocycles. The van der Waals surface area contributed by atoms with E-state index >= 15 is 0 Å². The number of nitrogens with one attached hydrogen (secondary N) is 1. The predicted octanol–water partition coefficient (Wildman–Crippen LogP) is 3.92. The molecule has 2 unspecified atom stereocenters. The maximum absolute atomic E-state index is 13.5. The number of aryl methyl sites for hydroxylation is 1. The number of amides is 1. The highest BCUT2D eigenvalue weighted by Gasteiger charge is 2.21. The lowest BCUT2D eigenvalue weighted by Crippen LogP contribution is -2.40. The van der Waals surface area contributed by atoms with Gasteiger partial charge < -0.3 is 10.4 Å². The third kappa shape index (κ3) is 6.64. The molecule has 3 aromatic rings. The Hall–Kier alpha value is -3.94. The average molecular weight is 506 g/mol. The van der Waals surface area contributed by atoms with Crippen LogP contribution in [0.25, 0.3) is 23.4 Å². The Morgan fingerprint density at radius 1 is 1.00 bits per heavy atom. The van der Waals surface area contributed by atoms with Crippen LogP contribution in [-0.4, -0.2) is 27.0 Å². The zero-order valence-corrected chi connectivity index (χ0v) is 20.7. The van der Waals surface area contributed by atoms with E-state index in [9.17, 15) is 18.4 Å². The van der Waals surface area contributed by atoms with E-state index in [0.717, 1.165) is 11.1 Å². The fraction of sp³-hybridized carbons (Fsp3) is 0.310. The molecule has 4 rings (SSSR count). The van der Waals surface area contributed by atoms with Crippen LogP contribution in [-0.2, 0) is 16.0 Å². The number of halogens is 2. The van der Waals surface area contributed by atoms with Gasteiger partial charge >= 0.3 is 5.97 Å². The number of carbonyl (C=O) groups is 2. The molecule has 0 saturated carbocycles. The van der Waals surface area contributed by atoms with Crippen LogP contribution in [0, 0.1) is 23.5 Å². The highest BCUT2D eigenvalue weighted by atomic mass is 19.1. The number of carboxylic acids is 1. The van der Waals surface area contributed by atoms with E-state index in [4.69, 9.17) is 15.1 Å². The smallest absolute Gasteiger partial charge is 0.303 e. The zero-order chi connectivity index (χ0) is 26.5. The summed E-state index contributed by atoms with van der Waals surface area (Å²) in [5.74, 6) is -2.21. The van der Waals surface area contributed by atoms with Crippen LogP contribution in [0.3, 0.4) is 0 Å². The lowest BCUT2D eigenvalue weighted by Gasteiger charge is -2.19. The van der Waals surface area contributed by atoms with Crippen LogP contribution in [0.1, 0.15) is 50.4 Å². The number of rotatable bonds is 9. The first-order chi connectivity index (χ1) is 17.7. The zero-order valence-electron chi connectivity index (χ0n) is 20.7. The summed E-state index contributed by atoms with van der Waals surface area (Å²) >= 11 is 0. The van der Waals surface area contributed by atoms with Crippen molar-refractivity contribution in [2.45, 2.75) is 45.6 Å². The van der Waals surface area contributed by atoms with E-state index in [1.165, 1.54) is 24.3 Å². The monoisotopic (exact) mass is 505 g/mol. The van der Waals surface area contributed by atoms with Gasteiger partial charge in [0.15, 0.2) is 0 Å². The molecule has 0 saturated heterocycles. The summed E-state index contributed by atoms with van der Waals surface area (Å²) in [6.45, 7) is 3.72. The largest absolute Gasteiger partial charge is 0.481 e. The quantitative estimate of drug-likeness (QED) is 0.460. The van der Waals surface area contributed by atoms with Crippen molar-refractivity contribution in [1.29, 1.82) is 0 Å². The molecule has 37 heavy (non-hydrogen) atoms. The van der Waals surface area contributed by atoms with Crippen molar-refractivity contribution < 1.29 is 23.5 Å². The minimum atomic E-state index is -0.852. The highest BCUT2D eigenvalue weighted by molar-refractivity contribution is 5.85. The first kappa shape index (κ1) is 26.1. The molecule has 0 fully saturated rings. The third-order valence-electron chi connectivity index (χ3n) is 6.53. The van der Waals surface area contributed by atoms with Crippen LogP contribution in [0.15, 0.2) is 48.5 Å². The fourth-order valence-corrected chi connectivity index (χ4v) is 4.40. The molecule has 1 heterocycles. The Bertz CT molecular complexity index is 1410. The summed E-state index contributed by atoms with van der Waals surface area (Å²) in [5, 5.41) is 13.3. The van der Waals surface area contributed by atoms with Gasteiger partial charge in [-0.3, -0.25) is 9.59 Å². The molecular weight excluding hydrogens is 476 g/mol. The van der Waals surface area contributed by atoms with E-state index in [2.05, 4.69) is 5.32 Å². The summed E-state index contributed by atoms with van der Waals surface area (Å²) in [6.07, 6.45) is 5.26. The second kappa shape index (κ2) is 11.4. The minimum absolute atomic E-state index is 0.0542. The lowest BCUT2D eigenvalue weighted by molar-refractivity contribution is -0.138. The summed E-state index contributed by atoms with van der Waals surface area (Å²) in [6, 6.07) is 11.8. The SMILES string of the molecule is CC(CCc1nc2c(nc1-c1ccc(F)cc1)=CCC(C(=O)N[C@H](C)c1ccc(F)cc1)C=2)CC(=O)O. The second-order valence-electron chi connectivity index (χ2n) is 9.53. The molecule has 0 spiro atoms. The number of fused-ring (bicyclic) bond motifs is 1. The van der Waals surface area contributed by atoms with Crippen molar-refractivity contribution in [1.82, 2.24) is 15.3 Å². The van der Waals surface area contributed by atoms with Crippen molar-refractivity contribution in [2.75, 3.05) is 0 Å². The fourth-order valence-electron chi connectivity index (χ4n) is 4.40. The molecule has 192 valence electrons. The molecule has 2 N–H and O–H groups in total. The lowest BCUT2D eigenvalue weighted by atomic mass is 9.96. The number of hydrogen-bond donors (Lipinski definition) is 2. The molecule has 0 bridgehead atoms. The standard InChI is InChI=1S/C29H29F2N3O3/c1-17(15-27(35)36)3-13-25-28(20-6-11-23(31)12-7-20)34-24-14-8-21(16-26(24)33-25)29(37)32-18(2)19-4-9-22(30)10-5-19/h4-7,9-12,14,16-18,21H,3,8,13,15H2,1-2H3,(H,32,37)(H,35,36)/t17?,18-,21?/m1/s1. The van der Waals surface area contributed by atoms with Gasteiger partial charge in [0.2, 0.25) is 5.91 Å². The normalized spacial score (nSPS) is 16.1. The van der Waals surface area contributed by atoms with E-state index in [0.29, 0.717) is 41.3 Å². The number of nitrogens with zero attached hydrogens (tertiary/aromatic N) is 2. The molecule has 1 aliphatic carbocycles. The van der Waals surface area contributed by atoms with Crippen LogP contribution in [0.5, 0.6) is 0 Å². The average Bonchev–Trinajstić information content (AvgIpc) is 2.87. The van der Waals surface area contributed by atoms with Crippen molar-refractivity contribution >= 4 is 24.0 Å². The van der Waals surface area contributed by atoms with Crippen molar-refractivity contribution in [3.05, 3.63) is 82.1 Å². The van der Waals surface area contributed by atoms with Crippen molar-refractivity contribution in [3.8, 4) is 11.3 Å². The Balaban J connectivity index is 1.61. The van der Waals surface area contributed by atoms with E-state index in [1.807, 2.05) is 19.9 Å². The molecule has 1 aromatic heterocycles. The minimum Gasteiger partial charge on any atom is -0.481 e. The van der Waals surface area contributed by atoms with Gasteiger partial charge in [-0.2, -0.15) is 0 Å².